The molecular formula is C13H14N2. The van der Waals surface area contributed by atoms with Gasteiger partial charge in [-0.3, -0.25) is 9.98 Å². The monoisotopic (exact) mass is 198 g/mol. The Kier molecular flexibility index (Phi) is 1.78. The van der Waals surface area contributed by atoms with Gasteiger partial charge in [-0.15, -0.1) is 0 Å². The number of hydrogen-bond donors (Lipinski definition) is 0. The van der Waals surface area contributed by atoms with Gasteiger partial charge in [0.25, 0.3) is 0 Å². The summed E-state index contributed by atoms with van der Waals surface area (Å²) in [5.74, 6) is 0. The zero-order valence-corrected chi connectivity index (χ0v) is 9.17. The lowest BCUT2D eigenvalue weighted by atomic mass is 10.0. The van der Waals surface area contributed by atoms with Crippen LogP contribution in [0, 0.1) is 6.92 Å². The van der Waals surface area contributed by atoms with Crippen molar-refractivity contribution >= 4 is 11.4 Å². The molecule has 3 rings (SSSR count). The van der Waals surface area contributed by atoms with E-state index >= 15 is 0 Å². The van der Waals surface area contributed by atoms with Crippen LogP contribution in [0.15, 0.2) is 22.7 Å². The Bertz CT molecular complexity index is 495. The lowest BCUT2D eigenvalue weighted by Gasteiger charge is -2.10. The molecule has 1 aliphatic carbocycles. The van der Waals surface area contributed by atoms with Gasteiger partial charge in [0, 0.05) is 11.4 Å². The largest absolute Gasteiger partial charge is 0.256 e. The normalized spacial score (nSPS) is 18.7. The van der Waals surface area contributed by atoms with Gasteiger partial charge in [0.1, 0.15) is 0 Å². The number of allylic oxidation sites excluding steroid dienone is 1. The third-order valence-electron chi connectivity index (χ3n) is 3.17. The molecule has 0 radical (unpaired) electrons. The van der Waals surface area contributed by atoms with Crippen LogP contribution in [-0.4, -0.2) is 10.7 Å². The van der Waals surface area contributed by atoms with Crippen LogP contribution in [0.2, 0.25) is 0 Å². The van der Waals surface area contributed by atoms with Crippen molar-refractivity contribution in [1.29, 1.82) is 0 Å². The van der Waals surface area contributed by atoms with Crippen molar-refractivity contribution < 1.29 is 0 Å². The third kappa shape index (κ3) is 1.32. The van der Waals surface area contributed by atoms with Gasteiger partial charge < -0.3 is 0 Å². The van der Waals surface area contributed by atoms with Gasteiger partial charge in [-0.1, -0.05) is 6.07 Å². The molecule has 2 heteroatoms. The summed E-state index contributed by atoms with van der Waals surface area (Å²) >= 11 is 0. The summed E-state index contributed by atoms with van der Waals surface area (Å²) in [4.78, 5) is 9.27. The SMILES string of the molecule is CC1=NC2=C(CC1)Cc1ccc(C)nc12. The molecule has 0 saturated heterocycles. The van der Waals surface area contributed by atoms with Crippen molar-refractivity contribution in [3.05, 3.63) is 34.7 Å². The van der Waals surface area contributed by atoms with Crippen LogP contribution in [0.3, 0.4) is 0 Å². The molecule has 0 atom stereocenters. The molecule has 1 aromatic rings. The van der Waals surface area contributed by atoms with E-state index in [0.717, 1.165) is 29.9 Å². The average Bonchev–Trinajstić information content (AvgIpc) is 2.56. The average molecular weight is 198 g/mol. The minimum absolute atomic E-state index is 1.06. The highest BCUT2D eigenvalue weighted by Crippen LogP contribution is 2.37. The second-order valence-corrected chi connectivity index (χ2v) is 4.44. The molecule has 2 aliphatic rings. The first-order valence-corrected chi connectivity index (χ1v) is 5.47. The van der Waals surface area contributed by atoms with Crippen LogP contribution < -0.4 is 0 Å². The Labute approximate surface area is 89.8 Å². The van der Waals surface area contributed by atoms with E-state index in [1.54, 1.807) is 0 Å². The first-order valence-electron chi connectivity index (χ1n) is 5.47. The quantitative estimate of drug-likeness (QED) is 0.629. The molecule has 76 valence electrons. The number of pyridine rings is 1. The molecule has 0 bridgehead atoms. The number of aromatic nitrogens is 1. The summed E-state index contributed by atoms with van der Waals surface area (Å²) < 4.78 is 0. The van der Waals surface area contributed by atoms with Gasteiger partial charge in [-0.05, 0) is 50.3 Å². The van der Waals surface area contributed by atoms with Gasteiger partial charge in [-0.2, -0.15) is 0 Å². The van der Waals surface area contributed by atoms with Crippen LogP contribution in [0.25, 0.3) is 5.70 Å². The fourth-order valence-electron chi connectivity index (χ4n) is 2.33. The van der Waals surface area contributed by atoms with Crippen LogP contribution in [0.1, 0.15) is 36.7 Å². The molecule has 0 unspecified atom stereocenters. The number of aliphatic imine (C=N–C) groups is 1. The molecule has 0 spiro atoms. The zero-order valence-electron chi connectivity index (χ0n) is 9.17. The van der Waals surface area contributed by atoms with E-state index in [9.17, 15) is 0 Å². The summed E-state index contributed by atoms with van der Waals surface area (Å²) in [5, 5.41) is 0. The Hall–Kier alpha value is -1.44. The summed E-state index contributed by atoms with van der Waals surface area (Å²) in [7, 11) is 0. The maximum Gasteiger partial charge on any atom is 0.0924 e. The molecule has 2 nitrogen and oxygen atoms in total. The van der Waals surface area contributed by atoms with E-state index in [1.165, 1.54) is 23.3 Å². The minimum atomic E-state index is 1.06. The number of fused-ring (bicyclic) bond motifs is 2. The second kappa shape index (κ2) is 3.02. The highest BCUT2D eigenvalue weighted by atomic mass is 14.9. The number of aryl methyl sites for hydroxylation is 1. The molecule has 2 heterocycles. The number of nitrogens with zero attached hydrogens (tertiary/aromatic N) is 2. The maximum absolute atomic E-state index is 4.66. The summed E-state index contributed by atoms with van der Waals surface area (Å²) in [6.45, 7) is 4.15. The highest BCUT2D eigenvalue weighted by Gasteiger charge is 2.25. The third-order valence-corrected chi connectivity index (χ3v) is 3.17. The van der Waals surface area contributed by atoms with Gasteiger partial charge in [0.2, 0.25) is 0 Å². The van der Waals surface area contributed by atoms with Crippen molar-refractivity contribution in [2.45, 2.75) is 33.1 Å². The predicted octanol–water partition coefficient (Wildman–Crippen LogP) is 2.91. The van der Waals surface area contributed by atoms with Gasteiger partial charge >= 0.3 is 0 Å². The summed E-state index contributed by atoms with van der Waals surface area (Å²) in [6, 6.07) is 4.29. The molecular weight excluding hydrogens is 184 g/mol. The maximum atomic E-state index is 4.66. The first-order chi connectivity index (χ1) is 7.24. The van der Waals surface area contributed by atoms with E-state index in [1.807, 2.05) is 6.92 Å². The van der Waals surface area contributed by atoms with E-state index < -0.39 is 0 Å². The Morgan fingerprint density at radius 1 is 1.13 bits per heavy atom. The summed E-state index contributed by atoms with van der Waals surface area (Å²) in [6.07, 6.45) is 3.35. The Morgan fingerprint density at radius 2 is 2.00 bits per heavy atom. The van der Waals surface area contributed by atoms with Crippen molar-refractivity contribution in [3.8, 4) is 0 Å². The van der Waals surface area contributed by atoms with Crippen LogP contribution >= 0.6 is 0 Å². The minimum Gasteiger partial charge on any atom is -0.256 e. The fraction of sp³-hybridized carbons (Fsp3) is 0.385. The molecule has 0 aromatic carbocycles. The van der Waals surface area contributed by atoms with Crippen molar-refractivity contribution in [3.63, 3.8) is 0 Å². The standard InChI is InChI=1S/C13H14N2/c1-8-3-5-10-7-11-6-4-9(2)15-13(11)12(10)14-8/h3,5H,4,6-7H2,1-2H3. The molecule has 1 aromatic heterocycles. The predicted molar refractivity (Wildman–Crippen MR) is 61.9 cm³/mol. The number of hydrogen-bond acceptors (Lipinski definition) is 2. The van der Waals surface area contributed by atoms with E-state index in [-0.39, 0.29) is 0 Å². The molecule has 0 fully saturated rings. The van der Waals surface area contributed by atoms with E-state index in [2.05, 4.69) is 29.0 Å². The van der Waals surface area contributed by atoms with Crippen LogP contribution in [0.4, 0.5) is 0 Å². The van der Waals surface area contributed by atoms with Crippen molar-refractivity contribution in [1.82, 2.24) is 4.98 Å². The second-order valence-electron chi connectivity index (χ2n) is 4.44. The molecule has 1 aliphatic heterocycles. The zero-order chi connectivity index (χ0) is 10.4. The Balaban J connectivity index is 2.16. The van der Waals surface area contributed by atoms with E-state index in [4.69, 9.17) is 0 Å². The van der Waals surface area contributed by atoms with Crippen LogP contribution in [0.5, 0.6) is 0 Å². The molecule has 0 saturated carbocycles. The van der Waals surface area contributed by atoms with Gasteiger partial charge in [0.05, 0.1) is 11.4 Å². The van der Waals surface area contributed by atoms with Crippen LogP contribution in [-0.2, 0) is 6.42 Å². The first kappa shape index (κ1) is 8.84. The lowest BCUT2D eigenvalue weighted by molar-refractivity contribution is 0.949. The molecule has 0 amide bonds. The van der Waals surface area contributed by atoms with Crippen molar-refractivity contribution in [2.24, 2.45) is 4.99 Å². The van der Waals surface area contributed by atoms with E-state index in [0.29, 0.717) is 0 Å². The number of rotatable bonds is 0. The highest BCUT2D eigenvalue weighted by molar-refractivity contribution is 5.92. The summed E-state index contributed by atoms with van der Waals surface area (Å²) in [5.41, 5.74) is 7.45. The van der Waals surface area contributed by atoms with Crippen molar-refractivity contribution in [2.75, 3.05) is 0 Å². The molecule has 0 N–H and O–H groups in total. The smallest absolute Gasteiger partial charge is 0.0924 e. The Morgan fingerprint density at radius 3 is 2.87 bits per heavy atom. The lowest BCUT2D eigenvalue weighted by Crippen LogP contribution is -2.00. The van der Waals surface area contributed by atoms with Gasteiger partial charge in [0.15, 0.2) is 0 Å². The van der Waals surface area contributed by atoms with Gasteiger partial charge in [-0.25, -0.2) is 0 Å². The molecule has 15 heavy (non-hydrogen) atoms. The topological polar surface area (TPSA) is 25.2 Å². The fourth-order valence-corrected chi connectivity index (χ4v) is 2.33.